The molecule has 1 saturated heterocycles. The Labute approximate surface area is 284 Å². The summed E-state index contributed by atoms with van der Waals surface area (Å²) in [6.07, 6.45) is 6.43. The second kappa shape index (κ2) is 20.0. The highest BCUT2D eigenvalue weighted by Gasteiger charge is 2.22. The number of aromatic hydroxyl groups is 1. The van der Waals surface area contributed by atoms with E-state index in [0.717, 1.165) is 55.6 Å². The first kappa shape index (κ1) is 36.4. The minimum atomic E-state index is -0.630. The Kier molecular flexibility index (Phi) is 15.2. The Balaban J connectivity index is 1.05. The predicted molar refractivity (Wildman–Crippen MR) is 191 cm³/mol. The van der Waals surface area contributed by atoms with Crippen LogP contribution in [0.1, 0.15) is 56.6 Å². The summed E-state index contributed by atoms with van der Waals surface area (Å²) in [6, 6.07) is 22.4. The van der Waals surface area contributed by atoms with Crippen LogP contribution in [0.25, 0.3) is 0 Å². The lowest BCUT2D eigenvalue weighted by Gasteiger charge is -2.33. The number of aliphatic hydroxyl groups is 1. The Morgan fingerprint density at radius 2 is 1.54 bits per heavy atom. The van der Waals surface area contributed by atoms with Crippen molar-refractivity contribution in [1.82, 2.24) is 20.9 Å². The smallest absolute Gasteiger partial charge is 0.319 e. The van der Waals surface area contributed by atoms with E-state index in [9.17, 15) is 19.8 Å². The van der Waals surface area contributed by atoms with Crippen LogP contribution in [0.15, 0.2) is 72.8 Å². The molecule has 11 nitrogen and oxygen atoms in total. The van der Waals surface area contributed by atoms with Crippen LogP contribution in [0, 0.1) is 0 Å². The molecule has 1 fully saturated rings. The van der Waals surface area contributed by atoms with Gasteiger partial charge in [-0.15, -0.1) is 0 Å². The van der Waals surface area contributed by atoms with Gasteiger partial charge >= 0.3 is 12.1 Å². The zero-order valence-corrected chi connectivity index (χ0v) is 28.0. The third kappa shape index (κ3) is 13.3. The van der Waals surface area contributed by atoms with Crippen molar-refractivity contribution < 1.29 is 24.5 Å². The number of amides is 4. The zero-order chi connectivity index (χ0) is 34.0. The second-order valence-corrected chi connectivity index (χ2v) is 12.3. The van der Waals surface area contributed by atoms with Crippen molar-refractivity contribution in [3.05, 3.63) is 83.9 Å². The van der Waals surface area contributed by atoms with Crippen LogP contribution in [0.4, 0.5) is 21.0 Å². The van der Waals surface area contributed by atoms with Crippen molar-refractivity contribution >= 4 is 23.4 Å². The fraction of sp³-hybridized carbons (Fsp3) is 0.459. The number of carbonyl (C=O) groups excluding carboxylic acids is 2. The number of piperidine rings is 1. The molecule has 1 unspecified atom stereocenters. The van der Waals surface area contributed by atoms with E-state index in [4.69, 9.17) is 4.74 Å². The van der Waals surface area contributed by atoms with Crippen LogP contribution in [0.3, 0.4) is 0 Å². The number of benzene rings is 3. The number of rotatable bonds is 18. The van der Waals surface area contributed by atoms with Gasteiger partial charge in [-0.2, -0.15) is 0 Å². The Morgan fingerprint density at radius 3 is 2.25 bits per heavy atom. The summed E-state index contributed by atoms with van der Waals surface area (Å²) in [7, 11) is 0. The Bertz CT molecular complexity index is 1360. The number of likely N-dealkylation sites (tertiary alicyclic amines) is 1. The average molecular weight is 661 g/mol. The fourth-order valence-electron chi connectivity index (χ4n) is 5.45. The highest BCUT2D eigenvalue weighted by atomic mass is 16.5. The molecule has 0 radical (unpaired) electrons. The summed E-state index contributed by atoms with van der Waals surface area (Å²) in [4.78, 5) is 26.7. The van der Waals surface area contributed by atoms with Gasteiger partial charge < -0.3 is 46.4 Å². The van der Waals surface area contributed by atoms with Gasteiger partial charge in [0.05, 0.1) is 0 Å². The summed E-state index contributed by atoms with van der Waals surface area (Å²) in [6.45, 7) is 5.99. The molecule has 0 bridgehead atoms. The van der Waals surface area contributed by atoms with Crippen LogP contribution in [-0.2, 0) is 13.0 Å². The number of hydrogen-bond acceptors (Lipinski definition) is 7. The lowest BCUT2D eigenvalue weighted by atomic mass is 10.0. The Hall–Kier alpha value is -4.48. The van der Waals surface area contributed by atoms with Crippen molar-refractivity contribution in [2.24, 2.45) is 0 Å². The molecule has 11 heteroatoms. The molecule has 1 aliphatic heterocycles. The van der Waals surface area contributed by atoms with E-state index in [2.05, 4.69) is 57.8 Å². The maximum absolute atomic E-state index is 12.8. The van der Waals surface area contributed by atoms with Crippen LogP contribution in [-0.4, -0.2) is 78.7 Å². The maximum atomic E-state index is 12.8. The van der Waals surface area contributed by atoms with E-state index < -0.39 is 6.10 Å². The van der Waals surface area contributed by atoms with E-state index >= 15 is 0 Å². The van der Waals surface area contributed by atoms with Gasteiger partial charge in [-0.1, -0.05) is 50.5 Å². The highest BCUT2D eigenvalue weighted by Crippen LogP contribution is 2.19. The van der Waals surface area contributed by atoms with Crippen LogP contribution in [0.5, 0.6) is 11.5 Å². The molecule has 7 N–H and O–H groups in total. The lowest BCUT2D eigenvalue weighted by molar-refractivity contribution is 0.106. The average Bonchev–Trinajstić information content (AvgIpc) is 3.10. The topological polar surface area (TPSA) is 147 Å². The fourth-order valence-corrected chi connectivity index (χ4v) is 5.45. The molecule has 0 saturated carbocycles. The van der Waals surface area contributed by atoms with E-state index in [0.29, 0.717) is 44.5 Å². The van der Waals surface area contributed by atoms with E-state index in [1.807, 2.05) is 29.2 Å². The second-order valence-electron chi connectivity index (χ2n) is 12.3. The van der Waals surface area contributed by atoms with E-state index in [1.54, 1.807) is 24.3 Å². The molecule has 0 spiro atoms. The summed E-state index contributed by atoms with van der Waals surface area (Å²) < 4.78 is 5.54. The summed E-state index contributed by atoms with van der Waals surface area (Å²) in [5.41, 5.74) is 3.97. The molecular formula is C37H52N6O5. The number of nitrogens with one attached hydrogen (secondary N) is 5. The summed E-state index contributed by atoms with van der Waals surface area (Å²) >= 11 is 0. The van der Waals surface area contributed by atoms with Gasteiger partial charge in [0, 0.05) is 50.1 Å². The van der Waals surface area contributed by atoms with Crippen molar-refractivity contribution in [3.8, 4) is 11.5 Å². The molecule has 4 amide bonds. The molecule has 0 aliphatic carbocycles. The predicted octanol–water partition coefficient (Wildman–Crippen LogP) is 5.45. The minimum Gasteiger partial charge on any atom is -0.508 e. The number of phenolic OH excluding ortho intramolecular Hbond substituents is 1. The highest BCUT2D eigenvalue weighted by molar-refractivity contribution is 5.89. The van der Waals surface area contributed by atoms with Gasteiger partial charge in [0.2, 0.25) is 0 Å². The molecule has 3 aromatic rings. The molecule has 48 heavy (non-hydrogen) atoms. The van der Waals surface area contributed by atoms with Crippen molar-refractivity contribution in [3.63, 3.8) is 0 Å². The zero-order valence-electron chi connectivity index (χ0n) is 28.0. The van der Waals surface area contributed by atoms with Crippen molar-refractivity contribution in [1.29, 1.82) is 0 Å². The summed E-state index contributed by atoms with van der Waals surface area (Å²) in [5.74, 6) is 0.786. The molecule has 1 aliphatic rings. The third-order valence-corrected chi connectivity index (χ3v) is 8.33. The molecule has 1 atom stereocenters. The maximum Gasteiger partial charge on any atom is 0.319 e. The lowest BCUT2D eigenvalue weighted by Crippen LogP contribution is -2.46. The third-order valence-electron chi connectivity index (χ3n) is 8.33. The number of nitrogens with zero attached hydrogens (tertiary/aromatic N) is 1. The number of carbonyl (C=O) groups is 2. The largest absolute Gasteiger partial charge is 0.508 e. The molecule has 260 valence electrons. The molecule has 1 heterocycles. The standard InChI is InChI=1S/C37H52N6O5/c1-2-3-4-5-21-39-36(46)42-31-12-8-29(9-13-31)25-40-37(47)43-23-19-32(20-24-43)41-30-10-6-28(7-11-30)18-22-38-26-34(45)27-48-35-16-14-33(44)15-17-35/h6-17,32,34,38,41,44-45H,2-5,18-27H2,1H3,(H,40,47)(H2,39,42,46). The number of anilines is 2. The van der Waals surface area contributed by atoms with Gasteiger partial charge in [0.25, 0.3) is 0 Å². The first-order chi connectivity index (χ1) is 23.4. The first-order valence-electron chi connectivity index (χ1n) is 17.2. The number of aliphatic hydroxyl groups excluding tert-OH is 1. The van der Waals surface area contributed by atoms with Crippen LogP contribution in [0.2, 0.25) is 0 Å². The number of unbranched alkanes of at least 4 members (excludes halogenated alkanes) is 3. The number of urea groups is 2. The van der Waals surface area contributed by atoms with E-state index in [1.165, 1.54) is 18.4 Å². The van der Waals surface area contributed by atoms with Crippen LogP contribution >= 0.6 is 0 Å². The molecular weight excluding hydrogens is 608 g/mol. The number of phenols is 1. The van der Waals surface area contributed by atoms with Crippen molar-refractivity contribution in [2.45, 2.75) is 70.6 Å². The quantitative estimate of drug-likeness (QED) is 0.0898. The van der Waals surface area contributed by atoms with Gasteiger partial charge in [0.1, 0.15) is 24.2 Å². The molecule has 3 aromatic carbocycles. The number of ether oxygens (including phenoxy) is 1. The van der Waals surface area contributed by atoms with E-state index in [-0.39, 0.29) is 24.4 Å². The van der Waals surface area contributed by atoms with Gasteiger partial charge in [-0.25, -0.2) is 9.59 Å². The molecule has 0 aromatic heterocycles. The minimum absolute atomic E-state index is 0.0616. The van der Waals surface area contributed by atoms with Gasteiger partial charge in [0.15, 0.2) is 0 Å². The monoisotopic (exact) mass is 660 g/mol. The SMILES string of the molecule is CCCCCCNC(=O)Nc1ccc(CNC(=O)N2CCC(Nc3ccc(CCNCC(O)COc4ccc(O)cc4)cc3)CC2)cc1. The van der Waals surface area contributed by atoms with Gasteiger partial charge in [-0.3, -0.25) is 0 Å². The summed E-state index contributed by atoms with van der Waals surface area (Å²) in [5, 5.41) is 35.1. The Morgan fingerprint density at radius 1 is 0.854 bits per heavy atom. The van der Waals surface area contributed by atoms with Crippen molar-refractivity contribution in [2.75, 3.05) is 50.0 Å². The van der Waals surface area contributed by atoms with Crippen LogP contribution < -0.4 is 31.3 Å². The first-order valence-corrected chi connectivity index (χ1v) is 17.2. The molecule has 4 rings (SSSR count). The number of hydrogen-bond donors (Lipinski definition) is 7. The van der Waals surface area contributed by atoms with Gasteiger partial charge in [-0.05, 0) is 91.9 Å². The normalized spacial score (nSPS) is 13.8.